The predicted octanol–water partition coefficient (Wildman–Crippen LogP) is 7.10. The lowest BCUT2D eigenvalue weighted by Gasteiger charge is -2.20. The van der Waals surface area contributed by atoms with E-state index in [2.05, 4.69) is 10.0 Å². The Bertz CT molecular complexity index is 1650. The lowest BCUT2D eigenvalue weighted by Crippen LogP contribution is -2.31. The summed E-state index contributed by atoms with van der Waals surface area (Å²) in [6, 6.07) is 25.3. The quantitative estimate of drug-likeness (QED) is 0.143. The maximum atomic E-state index is 13.6. The highest BCUT2D eigenvalue weighted by atomic mass is 127. The zero-order chi connectivity index (χ0) is 28.9. The Kier molecular flexibility index (Phi) is 9.72. The highest BCUT2D eigenvalue weighted by molar-refractivity contribution is 14.1. The van der Waals surface area contributed by atoms with Crippen molar-refractivity contribution in [2.24, 2.45) is 0 Å². The Balaban J connectivity index is 1.64. The fraction of sp³-hybridized carbons (Fsp3) is 0.103. The van der Waals surface area contributed by atoms with Gasteiger partial charge in [-0.25, -0.2) is 8.42 Å². The van der Waals surface area contributed by atoms with Gasteiger partial charge in [-0.15, -0.1) is 0 Å². The van der Waals surface area contributed by atoms with Gasteiger partial charge in [-0.05, 0) is 75.7 Å². The van der Waals surface area contributed by atoms with Crippen LogP contribution in [0, 0.1) is 3.57 Å². The molecule has 0 aliphatic carbocycles. The van der Waals surface area contributed by atoms with Crippen LogP contribution < -0.4 is 10.0 Å². The number of rotatable bonds is 9. The van der Waals surface area contributed by atoms with Crippen LogP contribution in [-0.4, -0.2) is 27.4 Å². The minimum absolute atomic E-state index is 0.0227. The van der Waals surface area contributed by atoms with Crippen molar-refractivity contribution in [3.63, 3.8) is 0 Å². The number of esters is 1. The molecule has 0 aromatic heterocycles. The lowest BCUT2D eigenvalue weighted by atomic mass is 9.98. The summed E-state index contributed by atoms with van der Waals surface area (Å²) in [5, 5.41) is 3.03. The van der Waals surface area contributed by atoms with Crippen LogP contribution in [0.3, 0.4) is 0 Å². The number of ether oxygens (including phenoxy) is 1. The molecule has 0 spiro atoms. The molecular weight excluding hydrogens is 686 g/mol. The number of methoxy groups -OCH3 is 1. The molecule has 2 N–H and O–H groups in total. The SMILES string of the molecule is COC(=O)CC(NC(=O)c1cc(I)ccc1NS(=O)(=O)c1cc(Cl)ccc1Cl)c1ccc(-c2ccccc2)cc1. The van der Waals surface area contributed by atoms with Crippen molar-refractivity contribution in [1.82, 2.24) is 5.32 Å². The summed E-state index contributed by atoms with van der Waals surface area (Å²) in [6.45, 7) is 0. The van der Waals surface area contributed by atoms with Crippen molar-refractivity contribution in [3.05, 3.63) is 116 Å². The normalized spacial score (nSPS) is 11.9. The van der Waals surface area contributed by atoms with Gasteiger partial charge in [-0.3, -0.25) is 14.3 Å². The molecule has 0 radical (unpaired) electrons. The molecule has 0 saturated carbocycles. The summed E-state index contributed by atoms with van der Waals surface area (Å²) in [5.41, 5.74) is 2.77. The first kappa shape index (κ1) is 29.9. The molecule has 0 fully saturated rings. The summed E-state index contributed by atoms with van der Waals surface area (Å²) in [6.07, 6.45) is -0.129. The van der Waals surface area contributed by atoms with Crippen LogP contribution in [0.1, 0.15) is 28.4 Å². The van der Waals surface area contributed by atoms with Crippen molar-refractivity contribution in [2.45, 2.75) is 17.4 Å². The third-order valence-corrected chi connectivity index (χ3v) is 8.73. The van der Waals surface area contributed by atoms with Gasteiger partial charge in [-0.2, -0.15) is 0 Å². The van der Waals surface area contributed by atoms with Gasteiger partial charge in [0.05, 0.1) is 35.8 Å². The third kappa shape index (κ3) is 7.34. The Morgan fingerprint density at radius 1 is 0.900 bits per heavy atom. The second-order valence-corrected chi connectivity index (χ2v) is 12.4. The van der Waals surface area contributed by atoms with Gasteiger partial charge in [-0.1, -0.05) is 77.8 Å². The number of halogens is 3. The molecule has 0 aliphatic heterocycles. The van der Waals surface area contributed by atoms with E-state index >= 15 is 0 Å². The second kappa shape index (κ2) is 13.0. The molecule has 7 nitrogen and oxygen atoms in total. The smallest absolute Gasteiger partial charge is 0.307 e. The van der Waals surface area contributed by atoms with Gasteiger partial charge in [0.2, 0.25) is 0 Å². The summed E-state index contributed by atoms with van der Waals surface area (Å²) >= 11 is 14.1. The molecule has 40 heavy (non-hydrogen) atoms. The van der Waals surface area contributed by atoms with E-state index < -0.39 is 27.9 Å². The molecule has 0 heterocycles. The van der Waals surface area contributed by atoms with Gasteiger partial charge in [0.15, 0.2) is 0 Å². The molecule has 206 valence electrons. The molecule has 1 unspecified atom stereocenters. The minimum Gasteiger partial charge on any atom is -0.469 e. The van der Waals surface area contributed by atoms with Crippen LogP contribution >= 0.6 is 45.8 Å². The first-order valence-corrected chi connectivity index (χ1v) is 15.2. The number of anilines is 1. The zero-order valence-electron chi connectivity index (χ0n) is 21.0. The minimum atomic E-state index is -4.19. The van der Waals surface area contributed by atoms with Crippen LogP contribution in [0.4, 0.5) is 5.69 Å². The van der Waals surface area contributed by atoms with E-state index in [1.807, 2.05) is 77.2 Å². The lowest BCUT2D eigenvalue weighted by molar-refractivity contribution is -0.141. The summed E-state index contributed by atoms with van der Waals surface area (Å²) in [4.78, 5) is 25.6. The predicted molar refractivity (Wildman–Crippen MR) is 165 cm³/mol. The number of benzene rings is 4. The number of amides is 1. The molecule has 4 aromatic rings. The van der Waals surface area contributed by atoms with E-state index in [-0.39, 0.29) is 32.6 Å². The molecule has 1 amide bonds. The van der Waals surface area contributed by atoms with Crippen LogP contribution in [0.5, 0.6) is 0 Å². The van der Waals surface area contributed by atoms with Crippen molar-refractivity contribution in [1.29, 1.82) is 0 Å². The number of hydrogen-bond donors (Lipinski definition) is 2. The summed E-state index contributed by atoms with van der Waals surface area (Å²) < 4.78 is 34.3. The van der Waals surface area contributed by atoms with Gasteiger partial charge >= 0.3 is 5.97 Å². The molecule has 11 heteroatoms. The van der Waals surface area contributed by atoms with E-state index in [1.54, 1.807) is 12.1 Å². The summed E-state index contributed by atoms with van der Waals surface area (Å²) in [7, 11) is -2.92. The van der Waals surface area contributed by atoms with Crippen LogP contribution in [0.2, 0.25) is 10.0 Å². The van der Waals surface area contributed by atoms with E-state index in [0.29, 0.717) is 9.13 Å². The molecule has 0 bridgehead atoms. The standard InChI is InChI=1S/C29H23Cl2IN2O5S/c1-39-28(35)17-26(20-9-7-19(8-10-20)18-5-3-2-4-6-18)33-29(36)23-16-22(32)12-14-25(23)34-40(37,38)27-15-21(30)11-13-24(27)31/h2-16,26,34H,17H2,1H3,(H,33,36). The molecule has 4 rings (SSSR count). The van der Waals surface area contributed by atoms with E-state index in [0.717, 1.165) is 11.1 Å². The molecule has 1 atom stereocenters. The first-order valence-electron chi connectivity index (χ1n) is 11.9. The maximum Gasteiger partial charge on any atom is 0.307 e. The maximum absolute atomic E-state index is 13.6. The first-order chi connectivity index (χ1) is 19.1. The number of carbonyl (C=O) groups is 2. The Labute approximate surface area is 256 Å². The molecule has 0 aliphatic rings. The highest BCUT2D eigenvalue weighted by Crippen LogP contribution is 2.30. The van der Waals surface area contributed by atoms with Crippen LogP contribution in [0.15, 0.2) is 95.9 Å². The fourth-order valence-corrected chi connectivity index (χ4v) is 6.29. The number of sulfonamides is 1. The number of hydrogen-bond acceptors (Lipinski definition) is 5. The van der Waals surface area contributed by atoms with E-state index in [1.165, 1.54) is 31.4 Å². The van der Waals surface area contributed by atoms with Crippen LogP contribution in [-0.2, 0) is 19.6 Å². The van der Waals surface area contributed by atoms with Crippen molar-refractivity contribution >= 4 is 73.4 Å². The van der Waals surface area contributed by atoms with Crippen molar-refractivity contribution in [3.8, 4) is 11.1 Å². The zero-order valence-corrected chi connectivity index (χ0v) is 25.5. The van der Waals surface area contributed by atoms with Gasteiger partial charge in [0, 0.05) is 8.59 Å². The monoisotopic (exact) mass is 708 g/mol. The molecular formula is C29H23Cl2IN2O5S. The van der Waals surface area contributed by atoms with Crippen LogP contribution in [0.25, 0.3) is 11.1 Å². The van der Waals surface area contributed by atoms with E-state index in [9.17, 15) is 18.0 Å². The highest BCUT2D eigenvalue weighted by Gasteiger charge is 2.25. The van der Waals surface area contributed by atoms with Crippen molar-refractivity contribution in [2.75, 3.05) is 11.8 Å². The summed E-state index contributed by atoms with van der Waals surface area (Å²) in [5.74, 6) is -1.11. The second-order valence-electron chi connectivity index (χ2n) is 8.66. The van der Waals surface area contributed by atoms with Gasteiger partial charge < -0.3 is 10.1 Å². The average molecular weight is 709 g/mol. The Morgan fingerprint density at radius 3 is 2.25 bits per heavy atom. The largest absolute Gasteiger partial charge is 0.469 e. The van der Waals surface area contributed by atoms with Gasteiger partial charge in [0.1, 0.15) is 4.90 Å². The number of nitrogens with one attached hydrogen (secondary N) is 2. The van der Waals surface area contributed by atoms with Crippen molar-refractivity contribution < 1.29 is 22.7 Å². The Hall–Kier alpha value is -3.12. The van der Waals surface area contributed by atoms with Gasteiger partial charge in [0.25, 0.3) is 15.9 Å². The third-order valence-electron chi connectivity index (χ3n) is 5.98. The fourth-order valence-electron chi connectivity index (χ4n) is 3.95. The number of carbonyl (C=O) groups excluding carboxylic acids is 2. The molecule has 0 saturated heterocycles. The van der Waals surface area contributed by atoms with E-state index in [4.69, 9.17) is 27.9 Å². The topological polar surface area (TPSA) is 102 Å². The molecule has 4 aromatic carbocycles. The Morgan fingerprint density at radius 2 is 1.57 bits per heavy atom. The average Bonchev–Trinajstić information content (AvgIpc) is 2.95.